The van der Waals surface area contributed by atoms with Crippen molar-refractivity contribution in [2.75, 3.05) is 6.54 Å². The third-order valence-corrected chi connectivity index (χ3v) is 3.70. The van der Waals surface area contributed by atoms with Gasteiger partial charge in [-0.25, -0.2) is 4.98 Å². The molecule has 90 valence electrons. The van der Waals surface area contributed by atoms with Crippen LogP contribution < -0.4 is 5.32 Å². The van der Waals surface area contributed by atoms with Crippen LogP contribution in [0.3, 0.4) is 0 Å². The molecule has 1 fully saturated rings. The molecule has 3 rings (SSSR count). The van der Waals surface area contributed by atoms with Gasteiger partial charge in [-0.2, -0.15) is 0 Å². The number of pyridine rings is 1. The summed E-state index contributed by atoms with van der Waals surface area (Å²) in [5.74, 6) is 1.06. The maximum Gasteiger partial charge on any atom is 0.155 e. The van der Waals surface area contributed by atoms with Crippen LogP contribution in [0.15, 0.2) is 18.3 Å². The molecule has 0 saturated carbocycles. The summed E-state index contributed by atoms with van der Waals surface area (Å²) in [6.45, 7) is 3.20. The lowest BCUT2D eigenvalue weighted by Crippen LogP contribution is -2.24. The van der Waals surface area contributed by atoms with Gasteiger partial charge >= 0.3 is 0 Å². The van der Waals surface area contributed by atoms with Crippen molar-refractivity contribution in [3.05, 3.63) is 34.9 Å². The van der Waals surface area contributed by atoms with Crippen LogP contribution >= 0.6 is 11.6 Å². The highest BCUT2D eigenvalue weighted by Crippen LogP contribution is 2.21. The summed E-state index contributed by atoms with van der Waals surface area (Å²) in [5.41, 5.74) is 2.23. The maximum atomic E-state index is 6.18. The molecular formula is C13H16ClN3. The topological polar surface area (TPSA) is 29.3 Å². The predicted octanol–water partition coefficient (Wildman–Crippen LogP) is 2.59. The van der Waals surface area contributed by atoms with Crippen molar-refractivity contribution in [1.29, 1.82) is 0 Å². The number of hydrogen-bond donors (Lipinski definition) is 1. The lowest BCUT2D eigenvalue weighted by Gasteiger charge is -2.08. The van der Waals surface area contributed by atoms with Crippen molar-refractivity contribution in [1.82, 2.24) is 14.7 Å². The van der Waals surface area contributed by atoms with Gasteiger partial charge in [-0.1, -0.05) is 11.6 Å². The second kappa shape index (κ2) is 4.31. The summed E-state index contributed by atoms with van der Waals surface area (Å²) in [7, 11) is 0. The minimum atomic E-state index is 0.554. The van der Waals surface area contributed by atoms with E-state index in [1.807, 2.05) is 0 Å². The molecule has 1 N–H and O–H groups in total. The van der Waals surface area contributed by atoms with Crippen molar-refractivity contribution in [2.45, 2.75) is 32.2 Å². The maximum absolute atomic E-state index is 6.18. The van der Waals surface area contributed by atoms with Gasteiger partial charge < -0.3 is 9.72 Å². The number of fused-ring (bicyclic) bond motifs is 1. The molecule has 1 aliphatic rings. The Morgan fingerprint density at radius 3 is 3.24 bits per heavy atom. The van der Waals surface area contributed by atoms with E-state index in [1.54, 1.807) is 0 Å². The van der Waals surface area contributed by atoms with E-state index in [9.17, 15) is 0 Å². The third kappa shape index (κ3) is 2.05. The largest absolute Gasteiger partial charge is 0.314 e. The third-order valence-electron chi connectivity index (χ3n) is 3.42. The molecule has 3 nitrogen and oxygen atoms in total. The molecule has 1 atom stereocenters. The molecule has 17 heavy (non-hydrogen) atoms. The molecule has 2 aromatic heterocycles. The van der Waals surface area contributed by atoms with Crippen LogP contribution in [0.5, 0.6) is 0 Å². The Balaban J connectivity index is 1.98. The van der Waals surface area contributed by atoms with E-state index in [0.29, 0.717) is 11.2 Å². The van der Waals surface area contributed by atoms with Crippen LogP contribution in [-0.4, -0.2) is 22.0 Å². The molecule has 0 radical (unpaired) electrons. The van der Waals surface area contributed by atoms with Gasteiger partial charge in [0.2, 0.25) is 0 Å². The van der Waals surface area contributed by atoms with Crippen molar-refractivity contribution in [3.8, 4) is 0 Å². The fraction of sp³-hybridized carbons (Fsp3) is 0.462. The number of hydrogen-bond acceptors (Lipinski definition) is 2. The zero-order valence-electron chi connectivity index (χ0n) is 9.91. The highest BCUT2D eigenvalue weighted by molar-refractivity contribution is 6.32. The summed E-state index contributed by atoms with van der Waals surface area (Å²) in [4.78, 5) is 4.48. The molecule has 1 unspecified atom stereocenters. The lowest BCUT2D eigenvalue weighted by atomic mass is 10.1. The smallest absolute Gasteiger partial charge is 0.155 e. The number of halogens is 1. The van der Waals surface area contributed by atoms with Crippen LogP contribution in [-0.2, 0) is 6.42 Å². The molecule has 0 bridgehead atoms. The lowest BCUT2D eigenvalue weighted by molar-refractivity contribution is 0.584. The fourth-order valence-corrected chi connectivity index (χ4v) is 2.75. The number of imidazole rings is 1. The van der Waals surface area contributed by atoms with Gasteiger partial charge in [0.15, 0.2) is 5.15 Å². The molecule has 0 aromatic carbocycles. The van der Waals surface area contributed by atoms with Crippen LogP contribution in [0.1, 0.15) is 24.2 Å². The number of aromatic nitrogens is 2. The van der Waals surface area contributed by atoms with E-state index in [4.69, 9.17) is 11.6 Å². The Hall–Kier alpha value is -1.06. The first-order valence-electron chi connectivity index (χ1n) is 6.10. The average Bonchev–Trinajstić information content (AvgIpc) is 2.89. The minimum Gasteiger partial charge on any atom is -0.314 e. The number of nitrogens with zero attached hydrogens (tertiary/aromatic N) is 2. The van der Waals surface area contributed by atoms with Crippen LogP contribution in [0, 0.1) is 6.92 Å². The first-order chi connectivity index (χ1) is 8.24. The van der Waals surface area contributed by atoms with Gasteiger partial charge in [0.05, 0.1) is 5.52 Å². The van der Waals surface area contributed by atoms with Crippen LogP contribution in [0.4, 0.5) is 0 Å². The quantitative estimate of drug-likeness (QED) is 0.887. The Bertz CT molecular complexity index is 541. The summed E-state index contributed by atoms with van der Waals surface area (Å²) < 4.78 is 2.11. The fourth-order valence-electron chi connectivity index (χ4n) is 2.51. The van der Waals surface area contributed by atoms with Gasteiger partial charge in [0.1, 0.15) is 5.82 Å². The molecule has 0 spiro atoms. The Morgan fingerprint density at radius 1 is 1.59 bits per heavy atom. The van der Waals surface area contributed by atoms with Crippen LogP contribution in [0.2, 0.25) is 5.15 Å². The summed E-state index contributed by atoms with van der Waals surface area (Å²) in [6, 6.07) is 4.73. The first kappa shape index (κ1) is 11.1. The van der Waals surface area contributed by atoms with E-state index >= 15 is 0 Å². The number of nitrogens with one attached hydrogen (secondary N) is 1. The Labute approximate surface area is 106 Å². The van der Waals surface area contributed by atoms with E-state index in [2.05, 4.69) is 40.0 Å². The molecule has 1 aliphatic heterocycles. The van der Waals surface area contributed by atoms with Gasteiger partial charge in [-0.15, -0.1) is 0 Å². The van der Waals surface area contributed by atoms with Crippen molar-refractivity contribution < 1.29 is 0 Å². The molecule has 1 saturated heterocycles. The zero-order valence-corrected chi connectivity index (χ0v) is 10.7. The van der Waals surface area contributed by atoms with E-state index in [-0.39, 0.29) is 0 Å². The summed E-state index contributed by atoms with van der Waals surface area (Å²) in [5, 5.41) is 4.11. The predicted molar refractivity (Wildman–Crippen MR) is 69.7 cm³/mol. The second-order valence-corrected chi connectivity index (χ2v) is 5.13. The molecule has 0 amide bonds. The Morgan fingerprint density at radius 2 is 2.47 bits per heavy atom. The van der Waals surface area contributed by atoms with E-state index in [1.165, 1.54) is 18.4 Å². The summed E-state index contributed by atoms with van der Waals surface area (Å²) in [6.07, 6.45) is 5.52. The first-order valence-corrected chi connectivity index (χ1v) is 6.48. The number of aryl methyl sites for hydroxylation is 1. The zero-order chi connectivity index (χ0) is 11.8. The number of rotatable bonds is 2. The average molecular weight is 250 g/mol. The van der Waals surface area contributed by atoms with Crippen LogP contribution in [0.25, 0.3) is 5.52 Å². The van der Waals surface area contributed by atoms with Gasteiger partial charge in [-0.3, -0.25) is 0 Å². The molecule has 0 aliphatic carbocycles. The Kier molecular flexibility index (Phi) is 2.81. The molecule has 3 heterocycles. The highest BCUT2D eigenvalue weighted by atomic mass is 35.5. The standard InChI is InChI=1S/C13H16ClN3/c1-9-4-6-17-11(7-9)13(14)16-12(17)8-10-3-2-5-15-10/h4,6-7,10,15H,2-3,5,8H2,1H3. The van der Waals surface area contributed by atoms with Gasteiger partial charge in [0.25, 0.3) is 0 Å². The van der Waals surface area contributed by atoms with Gasteiger partial charge in [-0.05, 0) is 44.0 Å². The van der Waals surface area contributed by atoms with E-state index < -0.39 is 0 Å². The normalized spacial score (nSPS) is 20.2. The SMILES string of the molecule is Cc1ccn2c(CC3CCCN3)nc(Cl)c2c1. The molecule has 2 aromatic rings. The monoisotopic (exact) mass is 249 g/mol. The van der Waals surface area contributed by atoms with Crippen molar-refractivity contribution in [2.24, 2.45) is 0 Å². The highest BCUT2D eigenvalue weighted by Gasteiger charge is 2.18. The molecular weight excluding hydrogens is 234 g/mol. The second-order valence-electron chi connectivity index (χ2n) is 4.78. The van der Waals surface area contributed by atoms with Crippen molar-refractivity contribution >= 4 is 17.1 Å². The molecule has 4 heteroatoms. The van der Waals surface area contributed by atoms with Crippen molar-refractivity contribution in [3.63, 3.8) is 0 Å². The minimum absolute atomic E-state index is 0.554. The van der Waals surface area contributed by atoms with E-state index in [0.717, 1.165) is 24.3 Å². The summed E-state index contributed by atoms with van der Waals surface area (Å²) >= 11 is 6.18. The van der Waals surface area contributed by atoms with Gasteiger partial charge in [0, 0.05) is 18.7 Å².